The molecule has 0 bridgehead atoms. The molecule has 6 heteroatoms. The SMILES string of the molecule is CN1CCCC1NC(=O)NCC(=O)O. The summed E-state index contributed by atoms with van der Waals surface area (Å²) in [6, 6.07) is -0.425. The summed E-state index contributed by atoms with van der Waals surface area (Å²) >= 11 is 0. The van der Waals surface area contributed by atoms with Crippen LogP contribution in [0.5, 0.6) is 0 Å². The third-order valence-electron chi connectivity index (χ3n) is 2.22. The second-order valence-electron chi connectivity index (χ2n) is 3.36. The molecule has 14 heavy (non-hydrogen) atoms. The predicted octanol–water partition coefficient (Wildman–Crippen LogP) is -0.578. The molecule has 2 amide bonds. The van der Waals surface area contributed by atoms with Crippen LogP contribution in [0.4, 0.5) is 4.79 Å². The molecule has 1 saturated heterocycles. The van der Waals surface area contributed by atoms with Crippen molar-refractivity contribution < 1.29 is 14.7 Å². The summed E-state index contributed by atoms with van der Waals surface area (Å²) in [5, 5.41) is 13.3. The Hall–Kier alpha value is -1.30. The average Bonchev–Trinajstić information content (AvgIpc) is 2.49. The highest BCUT2D eigenvalue weighted by atomic mass is 16.4. The molecule has 1 rings (SSSR count). The Morgan fingerprint density at radius 1 is 1.57 bits per heavy atom. The highest BCUT2D eigenvalue weighted by Crippen LogP contribution is 2.11. The fourth-order valence-electron chi connectivity index (χ4n) is 1.45. The first-order valence-electron chi connectivity index (χ1n) is 4.56. The van der Waals surface area contributed by atoms with Crippen molar-refractivity contribution in [3.05, 3.63) is 0 Å². The standard InChI is InChI=1S/C8H15N3O3/c1-11-4-2-3-6(11)10-8(14)9-5-7(12)13/h6H,2-5H2,1H3,(H,12,13)(H2,9,10,14). The molecule has 1 atom stereocenters. The van der Waals surface area contributed by atoms with Crippen molar-refractivity contribution in [1.82, 2.24) is 15.5 Å². The number of urea groups is 1. The minimum absolute atomic E-state index is 0.0313. The predicted molar refractivity (Wildman–Crippen MR) is 49.8 cm³/mol. The fraction of sp³-hybridized carbons (Fsp3) is 0.750. The summed E-state index contributed by atoms with van der Waals surface area (Å²) < 4.78 is 0. The van der Waals surface area contributed by atoms with E-state index < -0.39 is 12.0 Å². The first-order chi connectivity index (χ1) is 6.59. The lowest BCUT2D eigenvalue weighted by atomic mass is 10.3. The van der Waals surface area contributed by atoms with E-state index in [0.717, 1.165) is 19.4 Å². The van der Waals surface area contributed by atoms with Crippen LogP contribution >= 0.6 is 0 Å². The van der Waals surface area contributed by atoms with E-state index in [9.17, 15) is 9.59 Å². The molecule has 0 aromatic heterocycles. The molecular weight excluding hydrogens is 186 g/mol. The number of hydrogen-bond donors (Lipinski definition) is 3. The Bertz CT molecular complexity index is 232. The zero-order valence-electron chi connectivity index (χ0n) is 8.12. The maximum Gasteiger partial charge on any atom is 0.323 e. The molecule has 0 aromatic rings. The van der Waals surface area contributed by atoms with Crippen molar-refractivity contribution in [2.24, 2.45) is 0 Å². The average molecular weight is 201 g/mol. The second-order valence-corrected chi connectivity index (χ2v) is 3.36. The third kappa shape index (κ3) is 3.21. The highest BCUT2D eigenvalue weighted by Gasteiger charge is 2.22. The molecule has 0 saturated carbocycles. The normalized spacial score (nSPS) is 21.9. The summed E-state index contributed by atoms with van der Waals surface area (Å²) in [4.78, 5) is 23.3. The zero-order chi connectivity index (χ0) is 10.6. The smallest absolute Gasteiger partial charge is 0.323 e. The van der Waals surface area contributed by atoms with Crippen molar-refractivity contribution in [1.29, 1.82) is 0 Å². The highest BCUT2D eigenvalue weighted by molar-refractivity contribution is 5.79. The van der Waals surface area contributed by atoms with Gasteiger partial charge in [-0.3, -0.25) is 9.69 Å². The van der Waals surface area contributed by atoms with Crippen LogP contribution in [0.2, 0.25) is 0 Å². The van der Waals surface area contributed by atoms with E-state index in [-0.39, 0.29) is 12.7 Å². The van der Waals surface area contributed by atoms with E-state index in [2.05, 4.69) is 10.6 Å². The number of hydrogen-bond acceptors (Lipinski definition) is 3. The lowest BCUT2D eigenvalue weighted by molar-refractivity contribution is -0.135. The minimum atomic E-state index is -1.04. The molecule has 1 aliphatic heterocycles. The van der Waals surface area contributed by atoms with Gasteiger partial charge in [-0.25, -0.2) is 4.79 Å². The van der Waals surface area contributed by atoms with Crippen molar-refractivity contribution in [3.63, 3.8) is 0 Å². The van der Waals surface area contributed by atoms with Gasteiger partial charge in [0.05, 0.1) is 6.17 Å². The Kier molecular flexibility index (Phi) is 3.70. The van der Waals surface area contributed by atoms with Gasteiger partial charge in [0, 0.05) is 0 Å². The molecule has 80 valence electrons. The van der Waals surface area contributed by atoms with Crippen LogP contribution in [0.3, 0.4) is 0 Å². The monoisotopic (exact) mass is 201 g/mol. The molecule has 1 aliphatic rings. The maximum absolute atomic E-state index is 11.1. The van der Waals surface area contributed by atoms with Crippen LogP contribution in [0.25, 0.3) is 0 Å². The molecule has 0 aliphatic carbocycles. The topological polar surface area (TPSA) is 81.7 Å². The lowest BCUT2D eigenvalue weighted by Crippen LogP contribution is -2.48. The van der Waals surface area contributed by atoms with E-state index in [1.807, 2.05) is 11.9 Å². The molecule has 1 unspecified atom stereocenters. The van der Waals surface area contributed by atoms with Gasteiger partial charge >= 0.3 is 12.0 Å². The van der Waals surface area contributed by atoms with Gasteiger partial charge in [-0.2, -0.15) is 0 Å². The van der Waals surface area contributed by atoms with Gasteiger partial charge in [-0.05, 0) is 26.4 Å². The molecule has 1 fully saturated rings. The molecule has 6 nitrogen and oxygen atoms in total. The lowest BCUT2D eigenvalue weighted by Gasteiger charge is -2.20. The van der Waals surface area contributed by atoms with Crippen LogP contribution in [-0.4, -0.2) is 48.3 Å². The molecule has 0 spiro atoms. The number of nitrogens with one attached hydrogen (secondary N) is 2. The number of carboxylic acids is 1. The van der Waals surface area contributed by atoms with E-state index in [4.69, 9.17) is 5.11 Å². The van der Waals surface area contributed by atoms with Crippen LogP contribution < -0.4 is 10.6 Å². The van der Waals surface area contributed by atoms with Gasteiger partial charge in [0.2, 0.25) is 0 Å². The first kappa shape index (κ1) is 10.8. The quantitative estimate of drug-likeness (QED) is 0.570. The van der Waals surface area contributed by atoms with Crippen LogP contribution in [0, 0.1) is 0 Å². The van der Waals surface area contributed by atoms with E-state index in [1.54, 1.807) is 0 Å². The van der Waals surface area contributed by atoms with Gasteiger partial charge in [-0.15, -0.1) is 0 Å². The summed E-state index contributed by atoms with van der Waals surface area (Å²) in [6.45, 7) is 0.617. The fourth-order valence-corrected chi connectivity index (χ4v) is 1.45. The minimum Gasteiger partial charge on any atom is -0.480 e. The van der Waals surface area contributed by atoms with Gasteiger partial charge in [0.15, 0.2) is 0 Å². The largest absolute Gasteiger partial charge is 0.480 e. The number of amides is 2. The summed E-state index contributed by atoms with van der Waals surface area (Å²) in [7, 11) is 1.93. The van der Waals surface area contributed by atoms with Crippen molar-refractivity contribution in [2.45, 2.75) is 19.0 Å². The molecule has 1 heterocycles. The van der Waals surface area contributed by atoms with Crippen LogP contribution in [0.1, 0.15) is 12.8 Å². The van der Waals surface area contributed by atoms with Gasteiger partial charge < -0.3 is 15.7 Å². The van der Waals surface area contributed by atoms with E-state index in [0.29, 0.717) is 0 Å². The Balaban J connectivity index is 2.22. The van der Waals surface area contributed by atoms with Crippen LogP contribution in [0.15, 0.2) is 0 Å². The molecule has 3 N–H and O–H groups in total. The molecule has 0 aromatic carbocycles. The van der Waals surface area contributed by atoms with Crippen molar-refractivity contribution in [2.75, 3.05) is 20.1 Å². The number of carboxylic acid groups (broad SMARTS) is 1. The number of likely N-dealkylation sites (tertiary alicyclic amines) is 1. The van der Waals surface area contributed by atoms with E-state index in [1.165, 1.54) is 0 Å². The Morgan fingerprint density at radius 3 is 2.79 bits per heavy atom. The van der Waals surface area contributed by atoms with Gasteiger partial charge in [0.1, 0.15) is 6.54 Å². The maximum atomic E-state index is 11.1. The number of nitrogens with zero attached hydrogens (tertiary/aromatic N) is 1. The summed E-state index contributed by atoms with van der Waals surface area (Å²) in [6.07, 6.45) is 2.00. The number of carbonyl (C=O) groups excluding carboxylic acids is 1. The summed E-state index contributed by atoms with van der Waals surface area (Å²) in [5.74, 6) is -1.04. The Morgan fingerprint density at radius 2 is 2.29 bits per heavy atom. The molecule has 0 radical (unpaired) electrons. The zero-order valence-corrected chi connectivity index (χ0v) is 8.12. The van der Waals surface area contributed by atoms with Gasteiger partial charge in [0.25, 0.3) is 0 Å². The first-order valence-corrected chi connectivity index (χ1v) is 4.56. The van der Waals surface area contributed by atoms with Crippen molar-refractivity contribution >= 4 is 12.0 Å². The van der Waals surface area contributed by atoms with Gasteiger partial charge in [-0.1, -0.05) is 0 Å². The summed E-state index contributed by atoms with van der Waals surface area (Å²) in [5.41, 5.74) is 0. The van der Waals surface area contributed by atoms with Crippen LogP contribution in [-0.2, 0) is 4.79 Å². The van der Waals surface area contributed by atoms with E-state index >= 15 is 0 Å². The number of rotatable bonds is 3. The Labute approximate surface area is 82.3 Å². The van der Waals surface area contributed by atoms with Crippen molar-refractivity contribution in [3.8, 4) is 0 Å². The second kappa shape index (κ2) is 4.80. The third-order valence-corrected chi connectivity index (χ3v) is 2.22. The number of carbonyl (C=O) groups is 2. The molecular formula is C8H15N3O3. The number of aliphatic carboxylic acids is 1.